The van der Waals surface area contributed by atoms with Gasteiger partial charge in [-0.1, -0.05) is 0 Å². The molecule has 0 aliphatic rings. The van der Waals surface area contributed by atoms with E-state index in [-0.39, 0.29) is 0 Å². The maximum atomic E-state index is 6.87. The van der Waals surface area contributed by atoms with Crippen molar-refractivity contribution in [1.29, 1.82) is 5.41 Å². The van der Waals surface area contributed by atoms with E-state index in [2.05, 4.69) is 4.99 Å². The molecule has 0 atom stereocenters. The van der Waals surface area contributed by atoms with Crippen LogP contribution in [0.25, 0.3) is 0 Å². The monoisotopic (exact) mass is 206 g/mol. The summed E-state index contributed by atoms with van der Waals surface area (Å²) in [6.45, 7) is 1.93. The lowest BCUT2D eigenvalue weighted by atomic mass is 10.2. The first-order valence-electron chi connectivity index (χ1n) is 4.48. The highest BCUT2D eigenvalue weighted by Gasteiger charge is 2.06. The van der Waals surface area contributed by atoms with Crippen LogP contribution in [0.3, 0.4) is 0 Å². The number of hydrogen-bond acceptors (Lipinski definition) is 4. The van der Waals surface area contributed by atoms with E-state index in [4.69, 9.17) is 14.9 Å². The van der Waals surface area contributed by atoms with E-state index in [1.54, 1.807) is 20.3 Å². The summed E-state index contributed by atoms with van der Waals surface area (Å²) in [5.74, 6) is 1.32. The standard InChI is InChI=1S/C11H14N2O2/c1-8-6-10(14-2)11(15-3)7-9(8)13-5-4-12/h4-7,12H,1-3H3. The number of rotatable bonds is 4. The lowest BCUT2D eigenvalue weighted by molar-refractivity contribution is 0.355. The number of aliphatic imine (C=N–C) groups is 1. The fourth-order valence-electron chi connectivity index (χ4n) is 1.23. The van der Waals surface area contributed by atoms with Crippen molar-refractivity contribution in [2.45, 2.75) is 6.92 Å². The zero-order chi connectivity index (χ0) is 11.3. The van der Waals surface area contributed by atoms with Gasteiger partial charge in [0, 0.05) is 18.5 Å². The van der Waals surface area contributed by atoms with Crippen molar-refractivity contribution in [3.05, 3.63) is 17.7 Å². The van der Waals surface area contributed by atoms with E-state index in [1.807, 2.05) is 13.0 Å². The zero-order valence-corrected chi connectivity index (χ0v) is 9.07. The first kappa shape index (κ1) is 11.2. The van der Waals surface area contributed by atoms with E-state index in [0.717, 1.165) is 17.5 Å². The Morgan fingerprint density at radius 3 is 2.33 bits per heavy atom. The SMILES string of the molecule is COc1cc(C)c(N=CC=N)cc1OC. The Hall–Kier alpha value is -1.84. The molecule has 0 aromatic heterocycles. The van der Waals surface area contributed by atoms with Gasteiger partial charge in [0.1, 0.15) is 0 Å². The smallest absolute Gasteiger partial charge is 0.162 e. The molecule has 4 heteroatoms. The highest BCUT2D eigenvalue weighted by molar-refractivity contribution is 6.15. The van der Waals surface area contributed by atoms with Crippen molar-refractivity contribution in [1.82, 2.24) is 0 Å². The summed E-state index contributed by atoms with van der Waals surface area (Å²) in [5.41, 5.74) is 1.75. The number of nitrogens with one attached hydrogen (secondary N) is 1. The van der Waals surface area contributed by atoms with Crippen molar-refractivity contribution in [3.63, 3.8) is 0 Å². The van der Waals surface area contributed by atoms with Crippen LogP contribution in [0.5, 0.6) is 11.5 Å². The number of ether oxygens (including phenoxy) is 2. The topological polar surface area (TPSA) is 54.7 Å². The molecule has 1 aromatic rings. The average Bonchev–Trinajstić information content (AvgIpc) is 2.27. The lowest BCUT2D eigenvalue weighted by Crippen LogP contribution is -1.91. The largest absolute Gasteiger partial charge is 0.493 e. The maximum absolute atomic E-state index is 6.87. The molecule has 80 valence electrons. The van der Waals surface area contributed by atoms with Crippen LogP contribution in [-0.4, -0.2) is 26.6 Å². The molecule has 1 aromatic carbocycles. The predicted octanol–water partition coefficient (Wildman–Crippen LogP) is 2.36. The number of nitrogens with zero attached hydrogens (tertiary/aromatic N) is 1. The number of benzene rings is 1. The normalized spacial score (nSPS) is 10.3. The van der Waals surface area contributed by atoms with Crippen LogP contribution in [0.4, 0.5) is 5.69 Å². The molecule has 0 radical (unpaired) electrons. The van der Waals surface area contributed by atoms with Crippen LogP contribution in [0, 0.1) is 12.3 Å². The molecule has 0 saturated heterocycles. The molecule has 15 heavy (non-hydrogen) atoms. The fourth-order valence-corrected chi connectivity index (χ4v) is 1.23. The Kier molecular flexibility index (Phi) is 3.85. The van der Waals surface area contributed by atoms with Gasteiger partial charge in [0.05, 0.1) is 19.9 Å². The van der Waals surface area contributed by atoms with Crippen LogP contribution in [0.1, 0.15) is 5.56 Å². The minimum Gasteiger partial charge on any atom is -0.493 e. The zero-order valence-electron chi connectivity index (χ0n) is 9.07. The van der Waals surface area contributed by atoms with Crippen LogP contribution >= 0.6 is 0 Å². The van der Waals surface area contributed by atoms with E-state index in [9.17, 15) is 0 Å². The minimum atomic E-state index is 0.639. The van der Waals surface area contributed by atoms with Crippen molar-refractivity contribution >= 4 is 18.1 Å². The number of aryl methyl sites for hydroxylation is 1. The van der Waals surface area contributed by atoms with Gasteiger partial charge < -0.3 is 14.9 Å². The summed E-state index contributed by atoms with van der Waals surface area (Å²) in [6, 6.07) is 3.64. The van der Waals surface area contributed by atoms with E-state index in [0.29, 0.717) is 11.5 Å². The van der Waals surface area contributed by atoms with E-state index in [1.165, 1.54) is 6.21 Å². The van der Waals surface area contributed by atoms with E-state index >= 15 is 0 Å². The molecule has 0 aliphatic carbocycles. The Labute approximate surface area is 89.1 Å². The van der Waals surface area contributed by atoms with Crippen molar-refractivity contribution in [3.8, 4) is 11.5 Å². The number of methoxy groups -OCH3 is 2. The van der Waals surface area contributed by atoms with Gasteiger partial charge in [-0.2, -0.15) is 0 Å². The second-order valence-corrected chi connectivity index (χ2v) is 2.94. The van der Waals surface area contributed by atoms with Gasteiger partial charge in [0.15, 0.2) is 11.5 Å². The van der Waals surface area contributed by atoms with Crippen molar-refractivity contribution in [2.75, 3.05) is 14.2 Å². The molecule has 0 amide bonds. The lowest BCUT2D eigenvalue weighted by Gasteiger charge is -2.09. The minimum absolute atomic E-state index is 0.639. The van der Waals surface area contributed by atoms with Gasteiger partial charge in [-0.15, -0.1) is 0 Å². The number of hydrogen-bond donors (Lipinski definition) is 1. The van der Waals surface area contributed by atoms with Crippen LogP contribution in [0.15, 0.2) is 17.1 Å². The Morgan fingerprint density at radius 2 is 1.80 bits per heavy atom. The summed E-state index contributed by atoms with van der Waals surface area (Å²) >= 11 is 0. The average molecular weight is 206 g/mol. The third-order valence-corrected chi connectivity index (χ3v) is 1.99. The van der Waals surface area contributed by atoms with Crippen LogP contribution in [-0.2, 0) is 0 Å². The quantitative estimate of drug-likeness (QED) is 0.769. The summed E-state index contributed by atoms with van der Waals surface area (Å²) in [7, 11) is 3.18. The predicted molar refractivity (Wildman–Crippen MR) is 61.2 cm³/mol. The van der Waals surface area contributed by atoms with Gasteiger partial charge in [-0.05, 0) is 18.6 Å². The fraction of sp³-hybridized carbons (Fsp3) is 0.273. The van der Waals surface area contributed by atoms with E-state index < -0.39 is 0 Å². The Bertz CT molecular complexity index is 386. The summed E-state index contributed by atoms with van der Waals surface area (Å²) < 4.78 is 10.3. The molecule has 0 heterocycles. The second kappa shape index (κ2) is 5.14. The molecule has 4 nitrogen and oxygen atoms in total. The molecule has 0 aliphatic heterocycles. The van der Waals surface area contributed by atoms with Crippen molar-refractivity contribution in [2.24, 2.45) is 4.99 Å². The van der Waals surface area contributed by atoms with Gasteiger partial charge in [-0.25, -0.2) is 0 Å². The first-order valence-corrected chi connectivity index (χ1v) is 4.48. The summed E-state index contributed by atoms with van der Waals surface area (Å²) in [5, 5.41) is 6.87. The summed E-state index contributed by atoms with van der Waals surface area (Å²) in [6.07, 6.45) is 2.56. The molecule has 0 saturated carbocycles. The van der Waals surface area contributed by atoms with Gasteiger partial charge in [0.25, 0.3) is 0 Å². The molecule has 0 fully saturated rings. The Morgan fingerprint density at radius 1 is 1.20 bits per heavy atom. The molecule has 0 spiro atoms. The highest BCUT2D eigenvalue weighted by atomic mass is 16.5. The van der Waals surface area contributed by atoms with Crippen molar-refractivity contribution < 1.29 is 9.47 Å². The molecular weight excluding hydrogens is 192 g/mol. The van der Waals surface area contributed by atoms with Gasteiger partial charge >= 0.3 is 0 Å². The molecule has 1 rings (SSSR count). The summed E-state index contributed by atoms with van der Waals surface area (Å²) in [4.78, 5) is 4.10. The van der Waals surface area contributed by atoms with Gasteiger partial charge in [0.2, 0.25) is 0 Å². The Balaban J connectivity index is 3.19. The van der Waals surface area contributed by atoms with Gasteiger partial charge in [-0.3, -0.25) is 4.99 Å². The molecule has 0 unspecified atom stereocenters. The maximum Gasteiger partial charge on any atom is 0.162 e. The van der Waals surface area contributed by atoms with Crippen LogP contribution in [0.2, 0.25) is 0 Å². The third kappa shape index (κ3) is 2.56. The third-order valence-electron chi connectivity index (χ3n) is 1.99. The molecular formula is C11H14N2O2. The highest BCUT2D eigenvalue weighted by Crippen LogP contribution is 2.33. The first-order chi connectivity index (χ1) is 7.22. The van der Waals surface area contributed by atoms with Crippen LogP contribution < -0.4 is 9.47 Å². The molecule has 0 bridgehead atoms. The second-order valence-electron chi connectivity index (χ2n) is 2.94. The molecule has 1 N–H and O–H groups in total.